The summed E-state index contributed by atoms with van der Waals surface area (Å²) in [6, 6.07) is 0. The first-order valence-corrected chi connectivity index (χ1v) is 7.05. The Kier molecular flexibility index (Phi) is 3.30. The molecule has 6 nitrogen and oxygen atoms in total. The van der Waals surface area contributed by atoms with Gasteiger partial charge in [0.2, 0.25) is 0 Å². The van der Waals surface area contributed by atoms with E-state index in [1.807, 2.05) is 11.8 Å². The Morgan fingerprint density at radius 2 is 2.35 bits per heavy atom. The molecule has 3 rings (SSSR count). The molecule has 110 valence electrons. The van der Waals surface area contributed by atoms with Crippen molar-refractivity contribution in [3.63, 3.8) is 0 Å². The fourth-order valence-corrected chi connectivity index (χ4v) is 3.56. The smallest absolute Gasteiger partial charge is 0.272 e. The Labute approximate surface area is 119 Å². The van der Waals surface area contributed by atoms with Crippen LogP contribution in [-0.2, 0) is 4.74 Å². The van der Waals surface area contributed by atoms with Crippen LogP contribution in [0.2, 0.25) is 0 Å². The van der Waals surface area contributed by atoms with Crippen LogP contribution in [0.5, 0.6) is 0 Å². The van der Waals surface area contributed by atoms with Gasteiger partial charge in [-0.15, -0.1) is 0 Å². The first-order valence-electron chi connectivity index (χ1n) is 7.05. The van der Waals surface area contributed by atoms with Crippen molar-refractivity contribution in [1.29, 1.82) is 0 Å². The largest absolute Gasteiger partial charge is 0.384 e. The summed E-state index contributed by atoms with van der Waals surface area (Å²) in [4.78, 5) is 23.7. The predicted octanol–water partition coefficient (Wildman–Crippen LogP) is 0.511. The summed E-state index contributed by atoms with van der Waals surface area (Å²) in [5.41, 5.74) is 0.750. The lowest BCUT2D eigenvalue weighted by Gasteiger charge is -2.51. The van der Waals surface area contributed by atoms with Gasteiger partial charge in [-0.05, 0) is 26.3 Å². The van der Waals surface area contributed by atoms with E-state index in [1.54, 1.807) is 13.3 Å². The van der Waals surface area contributed by atoms with Crippen molar-refractivity contribution in [1.82, 2.24) is 19.8 Å². The highest BCUT2D eigenvalue weighted by Crippen LogP contribution is 2.39. The zero-order chi connectivity index (χ0) is 14.3. The van der Waals surface area contributed by atoms with Crippen molar-refractivity contribution in [3.05, 3.63) is 17.7 Å². The first-order chi connectivity index (χ1) is 9.54. The standard InChI is InChI=1S/C14H22N4O2/c1-10-15-5-12(16-10)13(19)18-8-14(9-18)4-11(7-20-3)6-17(14)2/h5,11H,4,6-9H2,1-3H3,(H,15,16)/t11-/m0/s1. The van der Waals surface area contributed by atoms with Crippen LogP contribution in [0.4, 0.5) is 0 Å². The fourth-order valence-electron chi connectivity index (χ4n) is 3.56. The maximum absolute atomic E-state index is 12.3. The monoisotopic (exact) mass is 278 g/mol. The first kappa shape index (κ1) is 13.6. The molecule has 20 heavy (non-hydrogen) atoms. The Hall–Kier alpha value is -1.40. The van der Waals surface area contributed by atoms with Gasteiger partial charge in [-0.2, -0.15) is 0 Å². The van der Waals surface area contributed by atoms with Gasteiger partial charge < -0.3 is 14.6 Å². The predicted molar refractivity (Wildman–Crippen MR) is 74.6 cm³/mol. The fraction of sp³-hybridized carbons (Fsp3) is 0.714. The topological polar surface area (TPSA) is 61.5 Å². The summed E-state index contributed by atoms with van der Waals surface area (Å²) in [5.74, 6) is 1.41. The summed E-state index contributed by atoms with van der Waals surface area (Å²) >= 11 is 0. The van der Waals surface area contributed by atoms with Crippen molar-refractivity contribution in [2.45, 2.75) is 18.9 Å². The molecule has 0 saturated carbocycles. The maximum Gasteiger partial charge on any atom is 0.272 e. The van der Waals surface area contributed by atoms with Gasteiger partial charge in [0.1, 0.15) is 11.5 Å². The van der Waals surface area contributed by atoms with Gasteiger partial charge in [0.25, 0.3) is 5.91 Å². The van der Waals surface area contributed by atoms with E-state index in [0.717, 1.165) is 38.5 Å². The van der Waals surface area contributed by atoms with E-state index < -0.39 is 0 Å². The van der Waals surface area contributed by atoms with Crippen molar-refractivity contribution >= 4 is 5.91 Å². The van der Waals surface area contributed by atoms with E-state index >= 15 is 0 Å². The van der Waals surface area contributed by atoms with Crippen LogP contribution in [0.25, 0.3) is 0 Å². The number of carbonyl (C=O) groups excluding carboxylic acids is 1. The number of likely N-dealkylation sites (tertiary alicyclic amines) is 2. The molecule has 6 heteroatoms. The lowest BCUT2D eigenvalue weighted by Crippen LogP contribution is -2.68. The molecule has 1 aromatic rings. The number of hydrogen-bond donors (Lipinski definition) is 1. The third-order valence-corrected chi connectivity index (χ3v) is 4.60. The zero-order valence-corrected chi connectivity index (χ0v) is 12.3. The molecule has 1 spiro atoms. The number of nitrogens with one attached hydrogen (secondary N) is 1. The van der Waals surface area contributed by atoms with E-state index in [2.05, 4.69) is 21.9 Å². The lowest BCUT2D eigenvalue weighted by molar-refractivity contribution is -0.00818. The summed E-state index contributed by atoms with van der Waals surface area (Å²) in [6.07, 6.45) is 2.73. The van der Waals surface area contributed by atoms with Gasteiger partial charge in [0, 0.05) is 26.7 Å². The molecule has 0 aliphatic carbocycles. The van der Waals surface area contributed by atoms with Crippen molar-refractivity contribution in [2.75, 3.05) is 40.4 Å². The number of aryl methyl sites for hydroxylation is 1. The molecule has 1 atom stereocenters. The molecule has 1 amide bonds. The average molecular weight is 278 g/mol. The molecular formula is C14H22N4O2. The van der Waals surface area contributed by atoms with Gasteiger partial charge in [-0.3, -0.25) is 9.69 Å². The minimum Gasteiger partial charge on any atom is -0.384 e. The summed E-state index contributed by atoms with van der Waals surface area (Å²) in [7, 11) is 3.90. The molecule has 0 bridgehead atoms. The molecule has 2 saturated heterocycles. The van der Waals surface area contributed by atoms with E-state index in [1.165, 1.54) is 0 Å². The van der Waals surface area contributed by atoms with E-state index in [0.29, 0.717) is 11.6 Å². The highest BCUT2D eigenvalue weighted by Gasteiger charge is 2.53. The Bertz CT molecular complexity index is 507. The van der Waals surface area contributed by atoms with Crippen molar-refractivity contribution < 1.29 is 9.53 Å². The van der Waals surface area contributed by atoms with E-state index in [4.69, 9.17) is 4.74 Å². The number of rotatable bonds is 3. The molecular weight excluding hydrogens is 256 g/mol. The highest BCUT2D eigenvalue weighted by atomic mass is 16.5. The molecule has 1 aromatic heterocycles. The third-order valence-electron chi connectivity index (χ3n) is 4.60. The zero-order valence-electron chi connectivity index (χ0n) is 12.3. The maximum atomic E-state index is 12.3. The van der Waals surface area contributed by atoms with Crippen LogP contribution < -0.4 is 0 Å². The highest BCUT2D eigenvalue weighted by molar-refractivity contribution is 5.93. The Morgan fingerprint density at radius 1 is 1.60 bits per heavy atom. The minimum absolute atomic E-state index is 0.0554. The Morgan fingerprint density at radius 3 is 2.95 bits per heavy atom. The van der Waals surface area contributed by atoms with Crippen molar-refractivity contribution in [3.8, 4) is 0 Å². The van der Waals surface area contributed by atoms with E-state index in [9.17, 15) is 4.79 Å². The number of imidazole rings is 1. The van der Waals surface area contributed by atoms with Crippen LogP contribution >= 0.6 is 0 Å². The van der Waals surface area contributed by atoms with Crippen LogP contribution in [0.3, 0.4) is 0 Å². The third kappa shape index (κ3) is 2.13. The molecule has 0 radical (unpaired) electrons. The molecule has 2 fully saturated rings. The molecule has 1 N–H and O–H groups in total. The van der Waals surface area contributed by atoms with Gasteiger partial charge in [0.05, 0.1) is 18.3 Å². The SMILES string of the molecule is COC[C@@H]1CN(C)C2(C1)CN(C(=O)c1cnc(C)[nH]1)C2. The second kappa shape index (κ2) is 4.86. The molecule has 3 heterocycles. The van der Waals surface area contributed by atoms with Gasteiger partial charge in [-0.1, -0.05) is 0 Å². The van der Waals surface area contributed by atoms with Crippen LogP contribution in [0.15, 0.2) is 6.20 Å². The molecule has 2 aliphatic rings. The van der Waals surface area contributed by atoms with Crippen LogP contribution in [0, 0.1) is 12.8 Å². The quantitative estimate of drug-likeness (QED) is 0.875. The second-order valence-electron chi connectivity index (χ2n) is 6.17. The number of aromatic nitrogens is 2. The molecule has 0 unspecified atom stereocenters. The van der Waals surface area contributed by atoms with Gasteiger partial charge >= 0.3 is 0 Å². The number of hydrogen-bond acceptors (Lipinski definition) is 4. The normalized spacial score (nSPS) is 25.1. The van der Waals surface area contributed by atoms with Crippen LogP contribution in [0.1, 0.15) is 22.7 Å². The summed E-state index contributed by atoms with van der Waals surface area (Å²) in [6.45, 7) is 5.33. The number of aromatic amines is 1. The number of methoxy groups -OCH3 is 1. The number of ether oxygens (including phenoxy) is 1. The molecule has 0 aromatic carbocycles. The van der Waals surface area contributed by atoms with Gasteiger partial charge in [0.15, 0.2) is 0 Å². The minimum atomic E-state index is 0.0554. The number of likely N-dealkylation sites (N-methyl/N-ethyl adjacent to an activating group) is 1. The van der Waals surface area contributed by atoms with Crippen LogP contribution in [-0.4, -0.2) is 71.6 Å². The number of H-pyrrole nitrogens is 1. The summed E-state index contributed by atoms with van der Waals surface area (Å²) < 4.78 is 5.26. The summed E-state index contributed by atoms with van der Waals surface area (Å²) in [5, 5.41) is 0. The lowest BCUT2D eigenvalue weighted by atomic mass is 9.84. The Balaban J connectivity index is 1.62. The number of amides is 1. The molecule has 2 aliphatic heterocycles. The van der Waals surface area contributed by atoms with Gasteiger partial charge in [-0.25, -0.2) is 4.98 Å². The van der Waals surface area contributed by atoms with E-state index in [-0.39, 0.29) is 11.4 Å². The van der Waals surface area contributed by atoms with Crippen molar-refractivity contribution in [2.24, 2.45) is 5.92 Å². The second-order valence-corrected chi connectivity index (χ2v) is 6.17. The number of nitrogens with zero attached hydrogens (tertiary/aromatic N) is 3. The average Bonchev–Trinajstić information content (AvgIpc) is 2.91. The number of carbonyl (C=O) groups is 1.